The largest absolute Gasteiger partial charge is 0.379 e. The molecule has 2 aromatic carbocycles. The first kappa shape index (κ1) is 20.4. The van der Waals surface area contributed by atoms with Gasteiger partial charge in [0.25, 0.3) is 0 Å². The molecule has 160 valence electrons. The number of fused-ring (bicyclic) bond motifs is 3. The zero-order valence-corrected chi connectivity index (χ0v) is 18.7. The number of aromatic nitrogens is 2. The molecule has 5 nitrogen and oxygen atoms in total. The molecule has 0 aliphatic carbocycles. The molecule has 3 heterocycles. The molecular formula is C25H27N3O2S. The highest BCUT2D eigenvalue weighted by Gasteiger charge is 2.14. The molecular weight excluding hydrogens is 406 g/mol. The van der Waals surface area contributed by atoms with Crippen LogP contribution in [0.25, 0.3) is 26.4 Å². The normalized spacial score (nSPS) is 15.1. The number of thiazole rings is 1. The fourth-order valence-corrected chi connectivity index (χ4v) is 5.26. The second-order valence-electron chi connectivity index (χ2n) is 8.27. The van der Waals surface area contributed by atoms with Crippen LogP contribution in [-0.2, 0) is 4.74 Å². The van der Waals surface area contributed by atoms with Crippen LogP contribution in [0.2, 0.25) is 0 Å². The molecule has 6 heteroatoms. The minimum Gasteiger partial charge on any atom is -0.379 e. The van der Waals surface area contributed by atoms with Crippen LogP contribution in [0, 0.1) is 6.92 Å². The zero-order valence-electron chi connectivity index (χ0n) is 17.8. The summed E-state index contributed by atoms with van der Waals surface area (Å²) in [6, 6.07) is 14.5. The highest BCUT2D eigenvalue weighted by molar-refractivity contribution is 7.23. The van der Waals surface area contributed by atoms with Crippen LogP contribution in [0.1, 0.15) is 35.2 Å². The average molecular weight is 434 g/mol. The standard InChI is InChI=1S/C25H27N3O2S/c1-18-5-4-6-19(15-18)21-17-28-22-9-8-20(16-24(22)31-25(28)26-21)23(29)7-2-3-10-27-11-13-30-14-12-27/h4-6,8-9,15-17H,2-3,7,10-14H2,1H3. The lowest BCUT2D eigenvalue weighted by Crippen LogP contribution is -2.36. The number of rotatable bonds is 7. The Hall–Kier alpha value is -2.54. The van der Waals surface area contributed by atoms with Gasteiger partial charge < -0.3 is 4.74 Å². The van der Waals surface area contributed by atoms with E-state index in [1.54, 1.807) is 11.3 Å². The molecule has 1 aliphatic rings. The van der Waals surface area contributed by atoms with Crippen molar-refractivity contribution in [1.29, 1.82) is 0 Å². The van der Waals surface area contributed by atoms with Crippen LogP contribution in [0.5, 0.6) is 0 Å². The summed E-state index contributed by atoms with van der Waals surface area (Å²) in [7, 11) is 0. The summed E-state index contributed by atoms with van der Waals surface area (Å²) in [6.45, 7) is 6.83. The number of aryl methyl sites for hydroxylation is 1. The lowest BCUT2D eigenvalue weighted by molar-refractivity contribution is 0.0371. The number of benzene rings is 2. The Labute approximate surface area is 186 Å². The van der Waals surface area contributed by atoms with Gasteiger partial charge in [-0.3, -0.25) is 14.1 Å². The summed E-state index contributed by atoms with van der Waals surface area (Å²) < 4.78 is 8.63. The van der Waals surface area contributed by atoms with E-state index in [1.165, 1.54) is 5.56 Å². The zero-order chi connectivity index (χ0) is 21.2. The fourth-order valence-electron chi connectivity index (χ4n) is 4.21. The van der Waals surface area contributed by atoms with Crippen molar-refractivity contribution >= 4 is 32.3 Å². The molecule has 0 atom stereocenters. The predicted octanol–water partition coefficient (Wildman–Crippen LogP) is 5.21. The van der Waals surface area contributed by atoms with E-state index in [9.17, 15) is 4.79 Å². The van der Waals surface area contributed by atoms with Crippen molar-refractivity contribution in [3.8, 4) is 11.3 Å². The maximum atomic E-state index is 12.7. The number of ketones is 1. The Morgan fingerprint density at radius 3 is 2.84 bits per heavy atom. The Morgan fingerprint density at radius 2 is 2.00 bits per heavy atom. The SMILES string of the molecule is Cc1cccc(-c2cn3c(n2)sc2cc(C(=O)CCCCN4CCOCC4)ccc23)c1. The summed E-state index contributed by atoms with van der Waals surface area (Å²) in [4.78, 5) is 20.9. The van der Waals surface area contributed by atoms with Gasteiger partial charge in [0, 0.05) is 36.8 Å². The third-order valence-electron chi connectivity index (χ3n) is 5.96. The molecule has 1 fully saturated rings. The van der Waals surface area contributed by atoms with Crippen molar-refractivity contribution in [3.63, 3.8) is 0 Å². The Bertz CT molecular complexity index is 1220. The number of carbonyl (C=O) groups is 1. The summed E-state index contributed by atoms with van der Waals surface area (Å²) >= 11 is 1.64. The van der Waals surface area contributed by atoms with Gasteiger partial charge in [-0.2, -0.15) is 0 Å². The average Bonchev–Trinajstić information content (AvgIpc) is 3.35. The van der Waals surface area contributed by atoms with E-state index >= 15 is 0 Å². The number of imidazole rings is 1. The van der Waals surface area contributed by atoms with Crippen LogP contribution in [-0.4, -0.2) is 52.9 Å². The van der Waals surface area contributed by atoms with Crippen molar-refractivity contribution in [2.75, 3.05) is 32.8 Å². The number of unbranched alkanes of at least 4 members (excludes halogenated alkanes) is 1. The van der Waals surface area contributed by atoms with Crippen LogP contribution in [0.4, 0.5) is 0 Å². The van der Waals surface area contributed by atoms with E-state index in [-0.39, 0.29) is 5.78 Å². The van der Waals surface area contributed by atoms with Gasteiger partial charge in [0.1, 0.15) is 0 Å². The third-order valence-corrected chi connectivity index (χ3v) is 6.98. The van der Waals surface area contributed by atoms with Gasteiger partial charge in [0.05, 0.1) is 29.1 Å². The summed E-state index contributed by atoms with van der Waals surface area (Å²) in [6.07, 6.45) is 4.69. The topological polar surface area (TPSA) is 46.8 Å². The number of morpholine rings is 1. The van der Waals surface area contributed by atoms with Crippen LogP contribution in [0.15, 0.2) is 48.7 Å². The van der Waals surface area contributed by atoms with Crippen molar-refractivity contribution in [2.24, 2.45) is 0 Å². The maximum Gasteiger partial charge on any atom is 0.195 e. The molecule has 0 amide bonds. The molecule has 4 aromatic rings. The first-order valence-corrected chi connectivity index (χ1v) is 11.8. The molecule has 0 bridgehead atoms. The van der Waals surface area contributed by atoms with Gasteiger partial charge in [-0.05, 0) is 50.6 Å². The van der Waals surface area contributed by atoms with Gasteiger partial charge in [-0.25, -0.2) is 4.98 Å². The Kier molecular flexibility index (Phi) is 5.85. The van der Waals surface area contributed by atoms with E-state index in [4.69, 9.17) is 9.72 Å². The number of hydrogen-bond acceptors (Lipinski definition) is 5. The molecule has 5 rings (SSSR count). The van der Waals surface area contributed by atoms with Gasteiger partial charge in [0.2, 0.25) is 0 Å². The number of hydrogen-bond donors (Lipinski definition) is 0. The molecule has 0 N–H and O–H groups in total. The van der Waals surface area contributed by atoms with Gasteiger partial charge in [-0.15, -0.1) is 0 Å². The fraction of sp³-hybridized carbons (Fsp3) is 0.360. The number of Topliss-reactive ketones (excluding diaryl/α,β-unsaturated/α-hetero) is 1. The monoisotopic (exact) mass is 433 g/mol. The van der Waals surface area contributed by atoms with Crippen molar-refractivity contribution < 1.29 is 9.53 Å². The number of nitrogens with zero attached hydrogens (tertiary/aromatic N) is 3. The lowest BCUT2D eigenvalue weighted by atomic mass is 10.1. The summed E-state index contributed by atoms with van der Waals surface area (Å²) in [5.41, 5.74) is 5.26. The third kappa shape index (κ3) is 4.42. The molecule has 1 saturated heterocycles. The minimum atomic E-state index is 0.232. The highest BCUT2D eigenvalue weighted by atomic mass is 32.1. The number of ether oxygens (including phenoxy) is 1. The summed E-state index contributed by atoms with van der Waals surface area (Å²) in [5, 5.41) is 0. The van der Waals surface area contributed by atoms with Crippen LogP contribution >= 0.6 is 11.3 Å². The molecule has 0 saturated carbocycles. The summed E-state index contributed by atoms with van der Waals surface area (Å²) in [5.74, 6) is 0.232. The second kappa shape index (κ2) is 8.91. The first-order valence-electron chi connectivity index (χ1n) is 11.0. The van der Waals surface area contributed by atoms with Crippen molar-refractivity contribution in [2.45, 2.75) is 26.2 Å². The molecule has 1 aliphatic heterocycles. The van der Waals surface area contributed by atoms with Crippen molar-refractivity contribution in [1.82, 2.24) is 14.3 Å². The lowest BCUT2D eigenvalue weighted by Gasteiger charge is -2.26. The quantitative estimate of drug-likeness (QED) is 0.297. The molecule has 0 spiro atoms. The second-order valence-corrected chi connectivity index (χ2v) is 9.28. The maximum absolute atomic E-state index is 12.7. The Balaban J connectivity index is 1.26. The van der Waals surface area contributed by atoms with E-state index in [1.807, 2.05) is 12.1 Å². The van der Waals surface area contributed by atoms with Gasteiger partial charge in [-0.1, -0.05) is 35.1 Å². The van der Waals surface area contributed by atoms with E-state index in [2.05, 4.69) is 52.8 Å². The molecule has 0 radical (unpaired) electrons. The number of carbonyl (C=O) groups excluding carboxylic acids is 1. The van der Waals surface area contributed by atoms with Crippen LogP contribution < -0.4 is 0 Å². The van der Waals surface area contributed by atoms with Gasteiger partial charge >= 0.3 is 0 Å². The van der Waals surface area contributed by atoms with Gasteiger partial charge in [0.15, 0.2) is 10.7 Å². The van der Waals surface area contributed by atoms with Crippen molar-refractivity contribution in [3.05, 3.63) is 59.8 Å². The smallest absolute Gasteiger partial charge is 0.195 e. The highest BCUT2D eigenvalue weighted by Crippen LogP contribution is 2.30. The predicted molar refractivity (Wildman–Crippen MR) is 126 cm³/mol. The minimum absolute atomic E-state index is 0.232. The first-order chi connectivity index (χ1) is 15.2. The van der Waals surface area contributed by atoms with Crippen LogP contribution in [0.3, 0.4) is 0 Å². The molecule has 2 aromatic heterocycles. The van der Waals surface area contributed by atoms with E-state index < -0.39 is 0 Å². The Morgan fingerprint density at radius 1 is 1.13 bits per heavy atom. The molecule has 0 unspecified atom stereocenters. The molecule has 31 heavy (non-hydrogen) atoms. The van der Waals surface area contributed by atoms with E-state index in [0.29, 0.717) is 6.42 Å². The van der Waals surface area contributed by atoms with E-state index in [0.717, 1.165) is 77.7 Å².